The first-order valence-corrected chi connectivity index (χ1v) is 6.55. The predicted octanol–water partition coefficient (Wildman–Crippen LogP) is 2.15. The Bertz CT molecular complexity index is 521. The van der Waals surface area contributed by atoms with Gasteiger partial charge < -0.3 is 15.3 Å². The molecule has 1 aromatic carbocycles. The van der Waals surface area contributed by atoms with Crippen molar-refractivity contribution in [1.29, 1.82) is 0 Å². The zero-order valence-corrected chi connectivity index (χ0v) is 11.2. The van der Waals surface area contributed by atoms with Crippen LogP contribution in [0.1, 0.15) is 31.4 Å². The lowest BCUT2D eigenvalue weighted by atomic mass is 10.1. The van der Waals surface area contributed by atoms with E-state index in [-0.39, 0.29) is 0 Å². The zero-order valence-electron chi connectivity index (χ0n) is 11.2. The molecule has 1 aromatic rings. The number of carbonyl (C=O) groups excluding carboxylic acids is 1. The second-order valence-electron chi connectivity index (χ2n) is 4.88. The van der Waals surface area contributed by atoms with Crippen LogP contribution in [0.5, 0.6) is 0 Å². The summed E-state index contributed by atoms with van der Waals surface area (Å²) in [6.45, 7) is 2.08. The minimum absolute atomic E-state index is 0.381. The lowest BCUT2D eigenvalue weighted by Crippen LogP contribution is -2.46. The molecule has 6 heteroatoms. The van der Waals surface area contributed by atoms with Gasteiger partial charge in [0.25, 0.3) is 0 Å². The number of urea groups is 1. The number of carbonyl (C=O) groups is 2. The summed E-state index contributed by atoms with van der Waals surface area (Å²) in [5.41, 5.74) is 0.381. The van der Waals surface area contributed by atoms with Gasteiger partial charge in [-0.25, -0.2) is 14.0 Å². The van der Waals surface area contributed by atoms with E-state index in [2.05, 4.69) is 5.32 Å². The first-order valence-electron chi connectivity index (χ1n) is 6.55. The minimum Gasteiger partial charge on any atom is -0.480 e. The number of nitrogens with one attached hydrogen (secondary N) is 1. The summed E-state index contributed by atoms with van der Waals surface area (Å²) in [5.74, 6) is -1.40. The van der Waals surface area contributed by atoms with Crippen molar-refractivity contribution in [3.05, 3.63) is 35.6 Å². The van der Waals surface area contributed by atoms with Crippen molar-refractivity contribution < 1.29 is 19.1 Å². The van der Waals surface area contributed by atoms with Crippen LogP contribution >= 0.6 is 0 Å². The summed E-state index contributed by atoms with van der Waals surface area (Å²) in [5, 5.41) is 11.7. The maximum atomic E-state index is 13.6. The molecule has 1 aliphatic heterocycles. The number of hydrogen-bond acceptors (Lipinski definition) is 2. The van der Waals surface area contributed by atoms with Gasteiger partial charge >= 0.3 is 12.0 Å². The fourth-order valence-electron chi connectivity index (χ4n) is 2.44. The highest BCUT2D eigenvalue weighted by atomic mass is 19.1. The normalized spacial score (nSPS) is 19.7. The number of halogens is 1. The van der Waals surface area contributed by atoms with Gasteiger partial charge in [0.15, 0.2) is 0 Å². The van der Waals surface area contributed by atoms with Gasteiger partial charge in [0.1, 0.15) is 11.9 Å². The molecular formula is C14H17FN2O3. The van der Waals surface area contributed by atoms with E-state index >= 15 is 0 Å². The number of carboxylic acids is 1. The molecule has 108 valence electrons. The van der Waals surface area contributed by atoms with Crippen LogP contribution in [0, 0.1) is 5.82 Å². The molecular weight excluding hydrogens is 263 g/mol. The smallest absolute Gasteiger partial charge is 0.326 e. The van der Waals surface area contributed by atoms with E-state index in [1.54, 1.807) is 25.1 Å². The van der Waals surface area contributed by atoms with Crippen molar-refractivity contribution in [1.82, 2.24) is 10.2 Å². The third kappa shape index (κ3) is 2.89. The van der Waals surface area contributed by atoms with E-state index in [4.69, 9.17) is 5.11 Å². The number of hydrogen-bond donors (Lipinski definition) is 2. The highest BCUT2D eigenvalue weighted by Gasteiger charge is 2.34. The number of rotatable bonds is 3. The van der Waals surface area contributed by atoms with Crippen molar-refractivity contribution in [2.24, 2.45) is 0 Å². The summed E-state index contributed by atoms with van der Waals surface area (Å²) < 4.78 is 13.6. The first-order chi connectivity index (χ1) is 9.50. The van der Waals surface area contributed by atoms with Gasteiger partial charge in [-0.2, -0.15) is 0 Å². The largest absolute Gasteiger partial charge is 0.480 e. The summed E-state index contributed by atoms with van der Waals surface area (Å²) in [4.78, 5) is 24.4. The third-order valence-electron chi connectivity index (χ3n) is 3.51. The SMILES string of the molecule is CC(NC(=O)N1CCCC1C(=O)O)c1ccccc1F. The predicted molar refractivity (Wildman–Crippen MR) is 70.7 cm³/mol. The molecule has 0 aromatic heterocycles. The Morgan fingerprint density at radius 1 is 1.45 bits per heavy atom. The van der Waals surface area contributed by atoms with Crippen LogP contribution in [0.4, 0.5) is 9.18 Å². The van der Waals surface area contributed by atoms with E-state index in [0.717, 1.165) is 0 Å². The fourth-order valence-corrected chi connectivity index (χ4v) is 2.44. The van der Waals surface area contributed by atoms with Crippen molar-refractivity contribution in [3.8, 4) is 0 Å². The molecule has 2 atom stereocenters. The molecule has 20 heavy (non-hydrogen) atoms. The Balaban J connectivity index is 2.04. The van der Waals surface area contributed by atoms with Gasteiger partial charge in [-0.05, 0) is 25.8 Å². The Hall–Kier alpha value is -2.11. The molecule has 0 bridgehead atoms. The van der Waals surface area contributed by atoms with Gasteiger partial charge in [-0.3, -0.25) is 0 Å². The van der Waals surface area contributed by atoms with Crippen molar-refractivity contribution in [2.45, 2.75) is 31.8 Å². The van der Waals surface area contributed by atoms with E-state index in [1.807, 2.05) is 0 Å². The number of amides is 2. The number of aliphatic carboxylic acids is 1. The van der Waals surface area contributed by atoms with Crippen LogP contribution in [0.3, 0.4) is 0 Å². The molecule has 1 fully saturated rings. The number of likely N-dealkylation sites (tertiary alicyclic amines) is 1. The number of benzene rings is 1. The molecule has 2 amide bonds. The zero-order chi connectivity index (χ0) is 14.7. The summed E-state index contributed by atoms with van der Waals surface area (Å²) in [6, 6.07) is 4.42. The summed E-state index contributed by atoms with van der Waals surface area (Å²) >= 11 is 0. The highest BCUT2D eigenvalue weighted by Crippen LogP contribution is 2.20. The molecule has 2 N–H and O–H groups in total. The topological polar surface area (TPSA) is 69.6 Å². The van der Waals surface area contributed by atoms with Crippen LogP contribution in [0.2, 0.25) is 0 Å². The quantitative estimate of drug-likeness (QED) is 0.891. The molecule has 1 heterocycles. The Labute approximate surface area is 116 Å². The van der Waals surface area contributed by atoms with E-state index < -0.39 is 29.9 Å². The molecule has 0 aliphatic carbocycles. The summed E-state index contributed by atoms with van der Waals surface area (Å²) in [6.07, 6.45) is 1.12. The maximum Gasteiger partial charge on any atom is 0.326 e. The van der Waals surface area contributed by atoms with Gasteiger partial charge in [-0.1, -0.05) is 18.2 Å². The van der Waals surface area contributed by atoms with Crippen molar-refractivity contribution >= 4 is 12.0 Å². The van der Waals surface area contributed by atoms with Crippen molar-refractivity contribution in [2.75, 3.05) is 6.54 Å². The molecule has 0 saturated carbocycles. The lowest BCUT2D eigenvalue weighted by molar-refractivity contribution is -0.141. The molecule has 1 aliphatic rings. The van der Waals surface area contributed by atoms with Gasteiger partial charge in [0.05, 0.1) is 6.04 Å². The van der Waals surface area contributed by atoms with Crippen LogP contribution in [0.15, 0.2) is 24.3 Å². The Morgan fingerprint density at radius 2 is 2.15 bits per heavy atom. The highest BCUT2D eigenvalue weighted by molar-refractivity contribution is 5.83. The van der Waals surface area contributed by atoms with E-state index in [9.17, 15) is 14.0 Å². The number of nitrogens with zero attached hydrogens (tertiary/aromatic N) is 1. The van der Waals surface area contributed by atoms with E-state index in [1.165, 1.54) is 11.0 Å². The molecule has 0 spiro atoms. The van der Waals surface area contributed by atoms with Crippen LogP contribution in [-0.4, -0.2) is 34.6 Å². The van der Waals surface area contributed by atoms with E-state index in [0.29, 0.717) is 24.9 Å². The van der Waals surface area contributed by atoms with Crippen LogP contribution in [0.25, 0.3) is 0 Å². The second-order valence-corrected chi connectivity index (χ2v) is 4.88. The van der Waals surface area contributed by atoms with Gasteiger partial charge in [0.2, 0.25) is 0 Å². The van der Waals surface area contributed by atoms with Gasteiger partial charge in [0, 0.05) is 12.1 Å². The third-order valence-corrected chi connectivity index (χ3v) is 3.51. The standard InChI is InChI=1S/C14H17FN2O3/c1-9(10-5-2-3-6-11(10)15)16-14(20)17-8-4-7-12(17)13(18)19/h2-3,5-6,9,12H,4,7-8H2,1H3,(H,16,20)(H,18,19). The van der Waals surface area contributed by atoms with Crippen molar-refractivity contribution in [3.63, 3.8) is 0 Å². The van der Waals surface area contributed by atoms with Gasteiger partial charge in [-0.15, -0.1) is 0 Å². The molecule has 2 rings (SSSR count). The molecule has 2 unspecified atom stereocenters. The first kappa shape index (κ1) is 14.3. The summed E-state index contributed by atoms with van der Waals surface area (Å²) in [7, 11) is 0. The average molecular weight is 280 g/mol. The maximum absolute atomic E-state index is 13.6. The Kier molecular flexibility index (Phi) is 4.22. The second kappa shape index (κ2) is 5.90. The number of carboxylic acid groups (broad SMARTS) is 1. The molecule has 0 radical (unpaired) electrons. The van der Waals surface area contributed by atoms with Crippen LogP contribution in [-0.2, 0) is 4.79 Å². The monoisotopic (exact) mass is 280 g/mol. The average Bonchev–Trinajstić information content (AvgIpc) is 2.88. The molecule has 1 saturated heterocycles. The fraction of sp³-hybridized carbons (Fsp3) is 0.429. The molecule has 5 nitrogen and oxygen atoms in total. The minimum atomic E-state index is -1.00. The Morgan fingerprint density at radius 3 is 2.80 bits per heavy atom. The van der Waals surface area contributed by atoms with Crippen LogP contribution < -0.4 is 5.32 Å². The lowest BCUT2D eigenvalue weighted by Gasteiger charge is -2.24.